The molecule has 2 atom stereocenters. The number of nitrogens with two attached hydrogens (primary N) is 1. The van der Waals surface area contributed by atoms with Crippen molar-refractivity contribution in [3.8, 4) is 17.3 Å². The van der Waals surface area contributed by atoms with Gasteiger partial charge in [-0.05, 0) is 17.0 Å². The summed E-state index contributed by atoms with van der Waals surface area (Å²) in [7, 11) is 0. The van der Waals surface area contributed by atoms with E-state index in [1.165, 1.54) is 0 Å². The van der Waals surface area contributed by atoms with Crippen LogP contribution in [0.1, 0.15) is 37.5 Å². The fraction of sp³-hybridized carbons (Fsp3) is 0.385. The average Bonchev–Trinajstić information content (AvgIpc) is 3.57. The summed E-state index contributed by atoms with van der Waals surface area (Å²) in [5.41, 5.74) is 7.96. The molecule has 1 unspecified atom stereocenters. The van der Waals surface area contributed by atoms with Crippen LogP contribution in [-0.4, -0.2) is 40.1 Å². The van der Waals surface area contributed by atoms with Gasteiger partial charge in [0.2, 0.25) is 5.95 Å². The summed E-state index contributed by atoms with van der Waals surface area (Å²) in [6.45, 7) is 8.29. The minimum absolute atomic E-state index is 0.0901. The van der Waals surface area contributed by atoms with Crippen molar-refractivity contribution in [3.63, 3.8) is 0 Å². The summed E-state index contributed by atoms with van der Waals surface area (Å²) in [6, 6.07) is 2.66. The molecule has 0 amide bonds. The van der Waals surface area contributed by atoms with Gasteiger partial charge in [0.05, 0.1) is 35.4 Å². The van der Waals surface area contributed by atoms with Gasteiger partial charge in [-0.25, -0.2) is 18.7 Å². The molecule has 1 saturated heterocycles. The Kier molecular flexibility index (Phi) is 5.71. The number of nitrogens with zero attached hydrogens (tertiary/aromatic N) is 5. The van der Waals surface area contributed by atoms with Gasteiger partial charge in [0.25, 0.3) is 0 Å². The van der Waals surface area contributed by atoms with E-state index < -0.39 is 11.6 Å². The van der Waals surface area contributed by atoms with Crippen LogP contribution in [0, 0.1) is 28.9 Å². The molecular weight excluding hydrogens is 496 g/mol. The zero-order chi connectivity index (χ0) is 26.0. The Morgan fingerprint density at radius 1 is 1.22 bits per heavy atom. The molecule has 0 spiro atoms. The Bertz CT molecular complexity index is 1610. The van der Waals surface area contributed by atoms with Crippen LogP contribution < -0.4 is 16.0 Å². The van der Waals surface area contributed by atoms with Crippen molar-refractivity contribution in [2.45, 2.75) is 46.1 Å². The maximum atomic E-state index is 16.5. The lowest BCUT2D eigenvalue weighted by Gasteiger charge is -2.20. The minimum Gasteiger partial charge on any atom is -0.389 e. The lowest BCUT2D eigenvalue weighted by molar-refractivity contribution is 0.135. The molecule has 8 nitrogen and oxygen atoms in total. The number of anilines is 2. The highest BCUT2D eigenvalue weighted by Crippen LogP contribution is 2.45. The first-order valence-electron chi connectivity index (χ1n) is 12.1. The van der Waals surface area contributed by atoms with Crippen LogP contribution >= 0.6 is 11.3 Å². The summed E-state index contributed by atoms with van der Waals surface area (Å²) in [6.07, 6.45) is 2.70. The Morgan fingerprint density at radius 3 is 2.76 bits per heavy atom. The molecule has 0 saturated carbocycles. The molecule has 1 fully saturated rings. The predicted octanol–water partition coefficient (Wildman–Crippen LogP) is 4.49. The zero-order valence-electron chi connectivity index (χ0n) is 20.6. The van der Waals surface area contributed by atoms with E-state index in [4.69, 9.17) is 10.5 Å². The van der Waals surface area contributed by atoms with E-state index >= 15 is 4.39 Å². The third-order valence-corrected chi connectivity index (χ3v) is 8.20. The Labute approximate surface area is 216 Å². The molecule has 6 rings (SSSR count). The van der Waals surface area contributed by atoms with Crippen LogP contribution in [0.25, 0.3) is 32.2 Å². The first-order chi connectivity index (χ1) is 17.8. The molecule has 0 aliphatic carbocycles. The topological polar surface area (TPSA) is 113 Å². The fourth-order valence-electron chi connectivity index (χ4n) is 5.47. The number of nitrogens with one attached hydrogen (secondary N) is 1. The summed E-state index contributed by atoms with van der Waals surface area (Å²) in [4.78, 5) is 15.6. The van der Waals surface area contributed by atoms with Crippen molar-refractivity contribution in [1.82, 2.24) is 20.3 Å². The molecular formula is C26H25F2N7OS. The van der Waals surface area contributed by atoms with Crippen LogP contribution in [0.3, 0.4) is 0 Å². The van der Waals surface area contributed by atoms with Crippen LogP contribution in [0.4, 0.5) is 19.7 Å². The van der Waals surface area contributed by atoms with Gasteiger partial charge >= 0.3 is 0 Å². The van der Waals surface area contributed by atoms with E-state index in [9.17, 15) is 9.65 Å². The van der Waals surface area contributed by atoms with Crippen molar-refractivity contribution < 1.29 is 13.5 Å². The monoisotopic (exact) mass is 521 g/mol. The SMILES string of the molecule is CC(C)NC1CN(c2ncc3c4c(c(-c5ncc(F)c6sc(N)c(C#N)c56)c(F)c3n2)COC4)C[C@@H]1C. The van der Waals surface area contributed by atoms with Gasteiger partial charge in [0.15, 0.2) is 11.6 Å². The second-order valence-electron chi connectivity index (χ2n) is 9.99. The molecule has 2 aliphatic heterocycles. The van der Waals surface area contributed by atoms with Crippen LogP contribution in [0.2, 0.25) is 0 Å². The lowest BCUT2D eigenvalue weighted by Crippen LogP contribution is -2.39. The predicted molar refractivity (Wildman–Crippen MR) is 139 cm³/mol. The number of ether oxygens (including phenoxy) is 1. The molecule has 190 valence electrons. The number of fused-ring (bicyclic) bond motifs is 4. The van der Waals surface area contributed by atoms with Crippen LogP contribution in [0.15, 0.2) is 12.4 Å². The fourth-order valence-corrected chi connectivity index (χ4v) is 6.39. The van der Waals surface area contributed by atoms with Gasteiger partial charge in [-0.15, -0.1) is 11.3 Å². The van der Waals surface area contributed by atoms with Crippen molar-refractivity contribution in [3.05, 3.63) is 40.7 Å². The number of benzene rings is 1. The highest BCUT2D eigenvalue weighted by Gasteiger charge is 2.33. The molecule has 4 aromatic rings. The van der Waals surface area contributed by atoms with Gasteiger partial charge < -0.3 is 20.7 Å². The van der Waals surface area contributed by atoms with E-state index in [2.05, 4.69) is 45.9 Å². The molecule has 0 radical (unpaired) electrons. The van der Waals surface area contributed by atoms with Gasteiger partial charge in [0, 0.05) is 47.7 Å². The average molecular weight is 522 g/mol. The second-order valence-corrected chi connectivity index (χ2v) is 11.0. The number of nitrogen functional groups attached to an aromatic ring is 1. The maximum absolute atomic E-state index is 16.5. The summed E-state index contributed by atoms with van der Waals surface area (Å²) >= 11 is 0.954. The number of halogens is 2. The summed E-state index contributed by atoms with van der Waals surface area (Å²) in [5.74, 6) is -0.379. The standard InChI is InChI=1S/C26H25F2N7OS/c1-11(2)33-18-8-35(7-12(18)3)26-32-5-14-15-9-36-10-16(15)19(21(28)22(14)34-26)23-20-13(4-29)25(30)37-24(20)17(27)6-31-23/h5-6,11-12,18,33H,7-10,30H2,1-3H3/t12-,18?/m0/s1. The van der Waals surface area contributed by atoms with Crippen LogP contribution in [-0.2, 0) is 18.0 Å². The van der Waals surface area contributed by atoms with E-state index in [-0.39, 0.29) is 56.7 Å². The molecule has 37 heavy (non-hydrogen) atoms. The van der Waals surface area contributed by atoms with Crippen molar-refractivity contribution in [2.24, 2.45) is 5.92 Å². The molecule has 11 heteroatoms. The van der Waals surface area contributed by atoms with E-state index in [0.717, 1.165) is 29.6 Å². The largest absolute Gasteiger partial charge is 0.389 e. The van der Waals surface area contributed by atoms with Crippen molar-refractivity contribution >= 4 is 43.3 Å². The lowest BCUT2D eigenvalue weighted by atomic mass is 9.94. The zero-order valence-corrected chi connectivity index (χ0v) is 21.4. The summed E-state index contributed by atoms with van der Waals surface area (Å²) in [5, 5.41) is 14.3. The van der Waals surface area contributed by atoms with Gasteiger partial charge in [-0.2, -0.15) is 5.26 Å². The number of hydrogen-bond donors (Lipinski definition) is 2. The van der Waals surface area contributed by atoms with Crippen molar-refractivity contribution in [2.75, 3.05) is 23.7 Å². The number of thiophene rings is 1. The second kappa shape index (κ2) is 8.83. The normalized spacial score (nSPS) is 19.3. The highest BCUT2D eigenvalue weighted by molar-refractivity contribution is 7.23. The first kappa shape index (κ1) is 23.9. The number of hydrogen-bond acceptors (Lipinski definition) is 9. The Morgan fingerprint density at radius 2 is 2.00 bits per heavy atom. The Balaban J connectivity index is 1.55. The van der Waals surface area contributed by atoms with Crippen LogP contribution in [0.5, 0.6) is 0 Å². The molecule has 3 N–H and O–H groups in total. The Hall–Kier alpha value is -3.46. The van der Waals surface area contributed by atoms with Gasteiger partial charge in [-0.3, -0.25) is 4.98 Å². The third kappa shape index (κ3) is 3.70. The van der Waals surface area contributed by atoms with Gasteiger partial charge in [0.1, 0.15) is 16.6 Å². The molecule has 1 aromatic carbocycles. The van der Waals surface area contributed by atoms with Crippen molar-refractivity contribution in [1.29, 1.82) is 5.26 Å². The highest BCUT2D eigenvalue weighted by atomic mass is 32.1. The third-order valence-electron chi connectivity index (χ3n) is 7.17. The molecule has 5 heterocycles. The molecule has 0 bridgehead atoms. The number of pyridine rings is 1. The van der Waals surface area contributed by atoms with E-state index in [0.29, 0.717) is 35.4 Å². The number of rotatable bonds is 4. The van der Waals surface area contributed by atoms with E-state index in [1.54, 1.807) is 6.20 Å². The maximum Gasteiger partial charge on any atom is 0.226 e. The molecule has 2 aliphatic rings. The molecule has 3 aromatic heterocycles. The number of aromatic nitrogens is 3. The van der Waals surface area contributed by atoms with Gasteiger partial charge in [-0.1, -0.05) is 20.8 Å². The minimum atomic E-state index is -0.608. The first-order valence-corrected chi connectivity index (χ1v) is 13.0. The number of nitriles is 1. The smallest absolute Gasteiger partial charge is 0.226 e. The quantitative estimate of drug-likeness (QED) is 0.404. The summed E-state index contributed by atoms with van der Waals surface area (Å²) < 4.78 is 37.0. The van der Waals surface area contributed by atoms with E-state index in [1.807, 2.05) is 6.07 Å².